The molecule has 0 unspecified atom stereocenters. The average Bonchev–Trinajstić information content (AvgIpc) is 3.14. The van der Waals surface area contributed by atoms with Gasteiger partial charge in [0, 0.05) is 17.3 Å². The number of nitro groups is 1. The maximum Gasteiger partial charge on any atom is 0.312 e. The summed E-state index contributed by atoms with van der Waals surface area (Å²) in [6.45, 7) is 0. The van der Waals surface area contributed by atoms with Gasteiger partial charge in [-0.15, -0.1) is 0 Å². The summed E-state index contributed by atoms with van der Waals surface area (Å²) in [6.07, 6.45) is 0. The highest BCUT2D eigenvalue weighted by atomic mass is 35.5. The molecule has 2 aromatic carbocycles. The predicted octanol–water partition coefficient (Wildman–Crippen LogP) is 5.42. The fourth-order valence-electron chi connectivity index (χ4n) is 2.37. The van der Waals surface area contributed by atoms with Crippen molar-refractivity contribution in [2.24, 2.45) is 0 Å². The number of furan rings is 1. The summed E-state index contributed by atoms with van der Waals surface area (Å²) >= 11 is 11.9. The lowest BCUT2D eigenvalue weighted by atomic mass is 10.2. The number of amides is 1. The van der Waals surface area contributed by atoms with Gasteiger partial charge in [-0.05, 0) is 42.5 Å². The largest absolute Gasteiger partial charge is 0.490 e. The summed E-state index contributed by atoms with van der Waals surface area (Å²) in [5.74, 6) is 0.00708. The van der Waals surface area contributed by atoms with Crippen molar-refractivity contribution in [1.82, 2.24) is 0 Å². The number of hydrogen-bond acceptors (Lipinski definition) is 5. The molecule has 0 saturated carbocycles. The zero-order valence-electron chi connectivity index (χ0n) is 13.9. The molecule has 0 aliphatic rings. The molecule has 138 valence electrons. The molecule has 7 nitrogen and oxygen atoms in total. The van der Waals surface area contributed by atoms with E-state index in [9.17, 15) is 14.9 Å². The summed E-state index contributed by atoms with van der Waals surface area (Å²) in [6, 6.07) is 12.2. The first-order chi connectivity index (χ1) is 12.9. The fraction of sp³-hybridized carbons (Fsp3) is 0.0556. The highest BCUT2D eigenvalue weighted by Gasteiger charge is 2.18. The lowest BCUT2D eigenvalue weighted by Crippen LogP contribution is -2.11. The van der Waals surface area contributed by atoms with Gasteiger partial charge in [0.15, 0.2) is 11.5 Å². The summed E-state index contributed by atoms with van der Waals surface area (Å²) in [4.78, 5) is 22.8. The van der Waals surface area contributed by atoms with E-state index in [0.717, 1.165) is 0 Å². The highest BCUT2D eigenvalue weighted by Crippen LogP contribution is 2.31. The van der Waals surface area contributed by atoms with Crippen LogP contribution in [0, 0.1) is 10.1 Å². The molecular formula is C18H12Cl2N2O5. The first kappa shape index (κ1) is 18.8. The van der Waals surface area contributed by atoms with Gasteiger partial charge in [-0.3, -0.25) is 14.9 Å². The molecular weight excluding hydrogens is 395 g/mol. The zero-order valence-corrected chi connectivity index (χ0v) is 15.4. The Bertz CT molecular complexity index is 1030. The molecule has 0 fully saturated rings. The molecule has 1 aromatic heterocycles. The van der Waals surface area contributed by atoms with E-state index in [-0.39, 0.29) is 22.9 Å². The van der Waals surface area contributed by atoms with E-state index in [1.165, 1.54) is 31.4 Å². The second-order valence-electron chi connectivity index (χ2n) is 5.39. The average molecular weight is 407 g/mol. The first-order valence-corrected chi connectivity index (χ1v) is 8.33. The number of hydrogen-bond donors (Lipinski definition) is 1. The van der Waals surface area contributed by atoms with Crippen LogP contribution in [0.15, 0.2) is 52.9 Å². The van der Waals surface area contributed by atoms with Crippen molar-refractivity contribution in [1.29, 1.82) is 0 Å². The monoisotopic (exact) mass is 406 g/mol. The Labute approximate surface area is 163 Å². The first-order valence-electron chi connectivity index (χ1n) is 7.58. The van der Waals surface area contributed by atoms with Crippen LogP contribution < -0.4 is 10.1 Å². The standard InChI is InChI=1S/C18H12Cl2N2O5/c1-26-16-5-3-11(9-14(16)22(24)25)21-18(23)17-7-6-15(27-17)10-2-4-12(19)13(20)8-10/h2-9H,1H3,(H,21,23). The summed E-state index contributed by atoms with van der Waals surface area (Å²) in [5, 5.41) is 14.4. The second kappa shape index (κ2) is 7.69. The van der Waals surface area contributed by atoms with Gasteiger partial charge in [-0.2, -0.15) is 0 Å². The van der Waals surface area contributed by atoms with Crippen LogP contribution in [0.2, 0.25) is 10.0 Å². The zero-order chi connectivity index (χ0) is 19.6. The molecule has 0 spiro atoms. The number of rotatable bonds is 5. The van der Waals surface area contributed by atoms with Crippen molar-refractivity contribution in [3.8, 4) is 17.1 Å². The number of carbonyl (C=O) groups is 1. The lowest BCUT2D eigenvalue weighted by molar-refractivity contribution is -0.385. The van der Waals surface area contributed by atoms with Gasteiger partial charge in [-0.1, -0.05) is 23.2 Å². The minimum absolute atomic E-state index is 0.0366. The Kier molecular flexibility index (Phi) is 5.34. The van der Waals surface area contributed by atoms with Gasteiger partial charge in [0.2, 0.25) is 0 Å². The van der Waals surface area contributed by atoms with E-state index >= 15 is 0 Å². The van der Waals surface area contributed by atoms with Gasteiger partial charge >= 0.3 is 5.69 Å². The van der Waals surface area contributed by atoms with Gasteiger partial charge in [0.05, 0.1) is 22.1 Å². The van der Waals surface area contributed by atoms with E-state index in [1.54, 1.807) is 24.3 Å². The van der Waals surface area contributed by atoms with E-state index in [4.69, 9.17) is 32.4 Å². The van der Waals surface area contributed by atoms with Crippen LogP contribution in [0.25, 0.3) is 11.3 Å². The number of anilines is 1. The molecule has 0 atom stereocenters. The minimum atomic E-state index is -0.593. The third-order valence-electron chi connectivity index (χ3n) is 3.67. The number of halogens is 2. The van der Waals surface area contributed by atoms with Crippen molar-refractivity contribution in [3.05, 3.63) is 74.5 Å². The summed E-state index contributed by atoms with van der Waals surface area (Å²) < 4.78 is 10.5. The predicted molar refractivity (Wildman–Crippen MR) is 102 cm³/mol. The molecule has 0 aliphatic carbocycles. The molecule has 1 N–H and O–H groups in total. The molecule has 9 heteroatoms. The Balaban J connectivity index is 1.81. The quantitative estimate of drug-likeness (QED) is 0.450. The Morgan fingerprint density at radius 1 is 1.11 bits per heavy atom. The molecule has 3 aromatic rings. The normalized spacial score (nSPS) is 10.5. The van der Waals surface area contributed by atoms with Crippen molar-refractivity contribution < 1.29 is 18.9 Å². The Hall–Kier alpha value is -3.03. The topological polar surface area (TPSA) is 94.6 Å². The van der Waals surface area contributed by atoms with Crippen LogP contribution in [0.3, 0.4) is 0 Å². The number of nitrogens with one attached hydrogen (secondary N) is 1. The van der Waals surface area contributed by atoms with Crippen LogP contribution in [-0.2, 0) is 0 Å². The molecule has 1 heterocycles. The van der Waals surface area contributed by atoms with E-state index < -0.39 is 10.8 Å². The molecule has 1 amide bonds. The van der Waals surface area contributed by atoms with Gasteiger partial charge in [0.25, 0.3) is 5.91 Å². The molecule has 0 radical (unpaired) electrons. The fourth-order valence-corrected chi connectivity index (χ4v) is 2.67. The SMILES string of the molecule is COc1ccc(NC(=O)c2ccc(-c3ccc(Cl)c(Cl)c3)o2)cc1[N+](=O)[O-]. The highest BCUT2D eigenvalue weighted by molar-refractivity contribution is 6.42. The van der Waals surface area contributed by atoms with Crippen molar-refractivity contribution in [2.45, 2.75) is 0 Å². The minimum Gasteiger partial charge on any atom is -0.490 e. The third kappa shape index (κ3) is 4.05. The smallest absolute Gasteiger partial charge is 0.312 e. The van der Waals surface area contributed by atoms with E-state index in [0.29, 0.717) is 21.4 Å². The van der Waals surface area contributed by atoms with Gasteiger partial charge in [-0.25, -0.2) is 0 Å². The number of carbonyl (C=O) groups excluding carboxylic acids is 1. The molecule has 0 aliphatic heterocycles. The number of ether oxygens (including phenoxy) is 1. The van der Waals surface area contributed by atoms with Crippen molar-refractivity contribution >= 4 is 40.5 Å². The van der Waals surface area contributed by atoms with Crippen LogP contribution in [0.4, 0.5) is 11.4 Å². The van der Waals surface area contributed by atoms with E-state index in [1.807, 2.05) is 0 Å². The summed E-state index contributed by atoms with van der Waals surface area (Å²) in [7, 11) is 1.33. The van der Waals surface area contributed by atoms with Crippen LogP contribution in [0.1, 0.15) is 10.6 Å². The number of methoxy groups -OCH3 is 1. The lowest BCUT2D eigenvalue weighted by Gasteiger charge is -2.06. The van der Waals surface area contributed by atoms with Crippen LogP contribution in [-0.4, -0.2) is 17.9 Å². The number of nitro benzene ring substituents is 1. The van der Waals surface area contributed by atoms with Crippen molar-refractivity contribution in [3.63, 3.8) is 0 Å². The molecule has 3 rings (SSSR count). The third-order valence-corrected chi connectivity index (χ3v) is 4.41. The number of benzene rings is 2. The van der Waals surface area contributed by atoms with Gasteiger partial charge < -0.3 is 14.5 Å². The Morgan fingerprint density at radius 3 is 2.56 bits per heavy atom. The molecule has 0 bridgehead atoms. The maximum absolute atomic E-state index is 12.4. The van der Waals surface area contributed by atoms with Crippen LogP contribution >= 0.6 is 23.2 Å². The molecule has 0 saturated heterocycles. The number of nitrogens with zero attached hydrogens (tertiary/aromatic N) is 1. The van der Waals surface area contributed by atoms with Gasteiger partial charge in [0.1, 0.15) is 5.76 Å². The second-order valence-corrected chi connectivity index (χ2v) is 6.21. The van der Waals surface area contributed by atoms with Crippen molar-refractivity contribution in [2.75, 3.05) is 12.4 Å². The van der Waals surface area contributed by atoms with E-state index in [2.05, 4.69) is 5.32 Å². The summed E-state index contributed by atoms with van der Waals surface area (Å²) in [5.41, 5.74) is 0.634. The van der Waals surface area contributed by atoms with Crippen LogP contribution in [0.5, 0.6) is 5.75 Å². The maximum atomic E-state index is 12.4. The Morgan fingerprint density at radius 2 is 1.89 bits per heavy atom. The molecule has 27 heavy (non-hydrogen) atoms.